The van der Waals surface area contributed by atoms with E-state index in [0.717, 1.165) is 45.8 Å². The van der Waals surface area contributed by atoms with Gasteiger partial charge >= 0.3 is 24.3 Å². The summed E-state index contributed by atoms with van der Waals surface area (Å²) in [6, 6.07) is 0. The molecule has 212 valence electrons. The van der Waals surface area contributed by atoms with E-state index in [1.807, 2.05) is 6.20 Å². The van der Waals surface area contributed by atoms with Gasteiger partial charge in [0, 0.05) is 31.2 Å². The largest absolute Gasteiger partial charge is 0.490 e. The van der Waals surface area contributed by atoms with E-state index in [-0.39, 0.29) is 5.60 Å². The highest BCUT2D eigenvalue weighted by Crippen LogP contribution is 2.34. The number of hydrogen-bond acceptors (Lipinski definition) is 8. The summed E-state index contributed by atoms with van der Waals surface area (Å²) >= 11 is 1.74. The second-order valence-electron chi connectivity index (χ2n) is 8.76. The number of thiazole rings is 1. The van der Waals surface area contributed by atoms with Crippen molar-refractivity contribution >= 4 is 23.3 Å². The number of aliphatic carboxylic acids is 2. The average molecular weight is 566 g/mol. The molecule has 0 saturated carbocycles. The summed E-state index contributed by atoms with van der Waals surface area (Å²) in [6.45, 7) is 8.02. The van der Waals surface area contributed by atoms with Crippen LogP contribution in [-0.2, 0) is 25.6 Å². The molecule has 4 rings (SSSR count). The van der Waals surface area contributed by atoms with E-state index in [2.05, 4.69) is 20.2 Å². The Morgan fingerprint density at radius 1 is 1.05 bits per heavy atom. The maximum Gasteiger partial charge on any atom is 0.490 e. The summed E-state index contributed by atoms with van der Waals surface area (Å²) in [5.41, 5.74) is -0.0991. The Balaban J connectivity index is 0.000000286. The Hall–Kier alpha value is -2.01. The van der Waals surface area contributed by atoms with E-state index in [1.54, 1.807) is 11.3 Å². The van der Waals surface area contributed by atoms with E-state index >= 15 is 0 Å². The van der Waals surface area contributed by atoms with E-state index in [9.17, 15) is 26.3 Å². The lowest BCUT2D eigenvalue weighted by Gasteiger charge is -2.32. The monoisotopic (exact) mass is 565 g/mol. The predicted octanol–water partition coefficient (Wildman–Crippen LogP) is 3.26. The van der Waals surface area contributed by atoms with Crippen LogP contribution in [0.15, 0.2) is 11.6 Å². The third-order valence-electron chi connectivity index (χ3n) is 5.76. The van der Waals surface area contributed by atoms with Gasteiger partial charge in [-0.2, -0.15) is 26.3 Å². The number of carboxylic acid groups (broad SMARTS) is 2. The number of aromatic nitrogens is 1. The van der Waals surface area contributed by atoms with E-state index in [1.165, 1.54) is 37.4 Å². The molecule has 9 nitrogen and oxygen atoms in total. The highest BCUT2D eigenvalue weighted by molar-refractivity contribution is 7.09. The Morgan fingerprint density at radius 2 is 1.65 bits per heavy atom. The molecule has 3 fully saturated rings. The van der Waals surface area contributed by atoms with Gasteiger partial charge in [-0.3, -0.25) is 4.90 Å². The van der Waals surface area contributed by atoms with Crippen molar-refractivity contribution in [2.24, 2.45) is 0 Å². The van der Waals surface area contributed by atoms with Gasteiger partial charge in [-0.15, -0.1) is 11.3 Å². The van der Waals surface area contributed by atoms with Crippen LogP contribution >= 0.6 is 11.3 Å². The Labute approximate surface area is 213 Å². The maximum absolute atomic E-state index is 10.6. The first-order valence-electron chi connectivity index (χ1n) is 11.4. The number of alkyl halides is 6. The lowest BCUT2D eigenvalue weighted by Crippen LogP contribution is -2.45. The number of ether oxygens (including phenoxy) is 2. The van der Waals surface area contributed by atoms with Crippen LogP contribution in [0.4, 0.5) is 26.3 Å². The van der Waals surface area contributed by atoms with Gasteiger partial charge < -0.3 is 24.6 Å². The van der Waals surface area contributed by atoms with E-state index in [0.29, 0.717) is 6.10 Å². The molecular weight excluding hydrogens is 536 g/mol. The summed E-state index contributed by atoms with van der Waals surface area (Å²) in [7, 11) is 0. The van der Waals surface area contributed by atoms with Crippen LogP contribution in [0.2, 0.25) is 0 Å². The predicted molar refractivity (Wildman–Crippen MR) is 118 cm³/mol. The molecule has 1 spiro atoms. The van der Waals surface area contributed by atoms with Crippen LogP contribution in [0.5, 0.6) is 0 Å². The minimum Gasteiger partial charge on any atom is -0.475 e. The lowest BCUT2D eigenvalue weighted by atomic mass is 10.00. The summed E-state index contributed by atoms with van der Waals surface area (Å²) in [5.74, 6) is -5.51. The molecule has 2 N–H and O–H groups in total. The van der Waals surface area contributed by atoms with Crippen molar-refractivity contribution < 1.29 is 55.6 Å². The molecule has 4 heterocycles. The molecule has 0 aliphatic carbocycles. The first-order chi connectivity index (χ1) is 17.2. The molecule has 0 amide bonds. The number of carbonyl (C=O) groups is 2. The SMILES string of the molecule is O=C(O)C(F)(F)F.O=C(O)C(F)(F)F.c1csc(CN2CCOCC3(CCC(CN4CCCC4)O3)C2)n1. The van der Waals surface area contributed by atoms with E-state index in [4.69, 9.17) is 29.3 Å². The van der Waals surface area contributed by atoms with Crippen molar-refractivity contribution in [3.63, 3.8) is 0 Å². The molecule has 3 saturated heterocycles. The molecule has 0 aromatic carbocycles. The molecule has 0 radical (unpaired) electrons. The first-order valence-corrected chi connectivity index (χ1v) is 12.3. The zero-order valence-electron chi connectivity index (χ0n) is 19.8. The van der Waals surface area contributed by atoms with Gasteiger partial charge in [0.1, 0.15) is 10.6 Å². The van der Waals surface area contributed by atoms with Crippen molar-refractivity contribution in [1.82, 2.24) is 14.8 Å². The van der Waals surface area contributed by atoms with Crippen molar-refractivity contribution in [2.75, 3.05) is 45.9 Å². The second-order valence-corrected chi connectivity index (χ2v) is 9.74. The van der Waals surface area contributed by atoms with Crippen molar-refractivity contribution in [3.8, 4) is 0 Å². The molecule has 3 aliphatic heterocycles. The van der Waals surface area contributed by atoms with Crippen molar-refractivity contribution in [3.05, 3.63) is 16.6 Å². The highest BCUT2D eigenvalue weighted by atomic mass is 32.1. The van der Waals surface area contributed by atoms with Crippen LogP contribution in [0.1, 0.15) is 30.7 Å². The van der Waals surface area contributed by atoms with Gasteiger partial charge in [-0.1, -0.05) is 0 Å². The summed E-state index contributed by atoms with van der Waals surface area (Å²) in [4.78, 5) is 27.2. The fourth-order valence-electron chi connectivity index (χ4n) is 4.14. The Morgan fingerprint density at radius 3 is 2.16 bits per heavy atom. The van der Waals surface area contributed by atoms with Crippen molar-refractivity contribution in [2.45, 2.75) is 56.3 Å². The van der Waals surface area contributed by atoms with Gasteiger partial charge in [0.2, 0.25) is 0 Å². The van der Waals surface area contributed by atoms with Gasteiger partial charge in [0.25, 0.3) is 0 Å². The molecule has 16 heteroatoms. The second kappa shape index (κ2) is 13.7. The minimum absolute atomic E-state index is 0.0991. The molecule has 1 aromatic heterocycles. The van der Waals surface area contributed by atoms with Gasteiger partial charge in [0.15, 0.2) is 0 Å². The summed E-state index contributed by atoms with van der Waals surface area (Å²) < 4.78 is 75.9. The Kier molecular flexibility index (Phi) is 11.5. The van der Waals surface area contributed by atoms with Gasteiger partial charge in [-0.05, 0) is 38.8 Å². The van der Waals surface area contributed by atoms with Crippen molar-refractivity contribution in [1.29, 1.82) is 0 Å². The number of carboxylic acids is 2. The van der Waals surface area contributed by atoms with Crippen LogP contribution in [0, 0.1) is 0 Å². The van der Waals surface area contributed by atoms with E-state index < -0.39 is 24.3 Å². The smallest absolute Gasteiger partial charge is 0.475 e. The number of halogens is 6. The average Bonchev–Trinajstić information content (AvgIpc) is 3.52. The fraction of sp³-hybridized carbons (Fsp3) is 0.762. The highest BCUT2D eigenvalue weighted by Gasteiger charge is 2.43. The number of nitrogens with zero attached hydrogens (tertiary/aromatic N) is 3. The topological polar surface area (TPSA) is 112 Å². The maximum atomic E-state index is 10.6. The quantitative estimate of drug-likeness (QED) is 0.532. The summed E-state index contributed by atoms with van der Waals surface area (Å²) in [5, 5.41) is 17.5. The number of hydrogen-bond donors (Lipinski definition) is 2. The van der Waals surface area contributed by atoms with Crippen LogP contribution in [0.25, 0.3) is 0 Å². The third kappa shape index (κ3) is 11.1. The third-order valence-corrected chi connectivity index (χ3v) is 6.52. The molecule has 0 bridgehead atoms. The molecule has 2 atom stereocenters. The molecular formula is C21H29F6N3O6S. The zero-order valence-corrected chi connectivity index (χ0v) is 20.6. The van der Waals surface area contributed by atoms with Gasteiger partial charge in [0.05, 0.1) is 25.9 Å². The minimum atomic E-state index is -5.08. The molecule has 2 unspecified atom stereocenters. The summed E-state index contributed by atoms with van der Waals surface area (Å²) in [6.07, 6.45) is -2.89. The molecule has 37 heavy (non-hydrogen) atoms. The zero-order chi connectivity index (χ0) is 27.7. The normalized spacial score (nSPS) is 25.1. The fourth-order valence-corrected chi connectivity index (χ4v) is 4.80. The first kappa shape index (κ1) is 31.2. The van der Waals surface area contributed by atoms with Crippen LogP contribution in [0.3, 0.4) is 0 Å². The Bertz CT molecular complexity index is 827. The van der Waals surface area contributed by atoms with Crippen LogP contribution < -0.4 is 0 Å². The lowest BCUT2D eigenvalue weighted by molar-refractivity contribution is -0.193. The van der Waals surface area contributed by atoms with Gasteiger partial charge in [-0.25, -0.2) is 14.6 Å². The number of rotatable bonds is 4. The molecule has 3 aliphatic rings. The van der Waals surface area contributed by atoms with Crippen LogP contribution in [-0.4, -0.2) is 107 Å². The standard InChI is InChI=1S/C17H27N3O2S.2C2HF3O2/c1-2-7-19(6-1)11-15-3-4-17(22-15)13-20(8-9-21-14-17)12-16-18-5-10-23-16;2*3-2(4,5)1(6)7/h5,10,15H,1-4,6-9,11-14H2;2*(H,6,7). The molecule has 1 aromatic rings. The number of likely N-dealkylation sites (tertiary alicyclic amines) is 1.